The molecule has 22 heavy (non-hydrogen) atoms. The maximum Gasteiger partial charge on any atom is 0.244 e. The highest BCUT2D eigenvalue weighted by Gasteiger charge is 2.15. The first kappa shape index (κ1) is 16.3. The van der Waals surface area contributed by atoms with Gasteiger partial charge in [0.05, 0.1) is 7.11 Å². The summed E-state index contributed by atoms with van der Waals surface area (Å²) in [7, 11) is 3.23. The average Bonchev–Trinajstić information content (AvgIpc) is 3.07. The van der Waals surface area contributed by atoms with Crippen molar-refractivity contribution in [3.8, 4) is 5.75 Å². The van der Waals surface area contributed by atoms with E-state index in [1.807, 2.05) is 41.8 Å². The second-order valence-electron chi connectivity index (χ2n) is 4.56. The molecule has 0 fully saturated rings. The monoisotopic (exact) mass is 317 g/mol. The number of carbonyl (C=O) groups excluding carboxylic acids is 1. The smallest absolute Gasteiger partial charge is 0.244 e. The van der Waals surface area contributed by atoms with Crippen molar-refractivity contribution in [3.63, 3.8) is 0 Å². The van der Waals surface area contributed by atoms with E-state index in [2.05, 4.69) is 5.32 Å². The minimum absolute atomic E-state index is 0.148. The van der Waals surface area contributed by atoms with Crippen molar-refractivity contribution in [2.24, 2.45) is 0 Å². The van der Waals surface area contributed by atoms with Crippen LogP contribution in [0.5, 0.6) is 5.75 Å². The highest BCUT2D eigenvalue weighted by molar-refractivity contribution is 7.10. The van der Waals surface area contributed by atoms with Gasteiger partial charge in [-0.05, 0) is 23.6 Å². The molecule has 1 unspecified atom stereocenters. The molecule has 0 saturated carbocycles. The Bertz CT molecular complexity index is 623. The fourth-order valence-electron chi connectivity index (χ4n) is 2.05. The van der Waals surface area contributed by atoms with E-state index in [0.717, 1.165) is 16.2 Å². The van der Waals surface area contributed by atoms with Gasteiger partial charge in [-0.1, -0.05) is 24.3 Å². The number of benzene rings is 1. The molecule has 4 nitrogen and oxygen atoms in total. The van der Waals surface area contributed by atoms with Gasteiger partial charge in [-0.25, -0.2) is 0 Å². The van der Waals surface area contributed by atoms with E-state index in [1.165, 1.54) is 6.08 Å². The van der Waals surface area contributed by atoms with Gasteiger partial charge in [0.1, 0.15) is 11.9 Å². The van der Waals surface area contributed by atoms with Crippen LogP contribution < -0.4 is 10.1 Å². The quantitative estimate of drug-likeness (QED) is 0.797. The van der Waals surface area contributed by atoms with Crippen molar-refractivity contribution < 1.29 is 14.3 Å². The third kappa shape index (κ3) is 4.44. The van der Waals surface area contributed by atoms with Crippen LogP contribution in [0.2, 0.25) is 0 Å². The van der Waals surface area contributed by atoms with Crippen LogP contribution in [0, 0.1) is 0 Å². The number of carbonyl (C=O) groups is 1. The van der Waals surface area contributed by atoms with E-state index in [-0.39, 0.29) is 12.0 Å². The van der Waals surface area contributed by atoms with Gasteiger partial charge in [-0.15, -0.1) is 11.3 Å². The fraction of sp³-hybridized carbons (Fsp3) is 0.235. The highest BCUT2D eigenvalue weighted by atomic mass is 32.1. The number of nitrogens with one attached hydrogen (secondary N) is 1. The predicted octanol–water partition coefficient (Wildman–Crippen LogP) is 3.27. The summed E-state index contributed by atoms with van der Waals surface area (Å²) in [4.78, 5) is 12.9. The van der Waals surface area contributed by atoms with Gasteiger partial charge in [-0.3, -0.25) is 4.79 Å². The molecule has 1 amide bonds. The predicted molar refractivity (Wildman–Crippen MR) is 89.1 cm³/mol. The maximum atomic E-state index is 11.9. The van der Waals surface area contributed by atoms with E-state index in [1.54, 1.807) is 31.6 Å². The van der Waals surface area contributed by atoms with Gasteiger partial charge < -0.3 is 14.8 Å². The summed E-state index contributed by atoms with van der Waals surface area (Å²) in [5.74, 6) is 0.600. The Morgan fingerprint density at radius 2 is 2.09 bits per heavy atom. The number of hydrogen-bond acceptors (Lipinski definition) is 4. The lowest BCUT2D eigenvalue weighted by atomic mass is 10.1. The third-order valence-electron chi connectivity index (χ3n) is 3.17. The molecule has 0 radical (unpaired) electrons. The van der Waals surface area contributed by atoms with Crippen LogP contribution >= 0.6 is 11.3 Å². The molecular formula is C17H19NO3S. The largest absolute Gasteiger partial charge is 0.496 e. The molecule has 2 aromatic rings. The second kappa shape index (κ2) is 8.36. The van der Waals surface area contributed by atoms with Crippen molar-refractivity contribution in [2.75, 3.05) is 20.8 Å². The first-order valence-electron chi connectivity index (χ1n) is 6.89. The van der Waals surface area contributed by atoms with E-state index >= 15 is 0 Å². The van der Waals surface area contributed by atoms with Crippen molar-refractivity contribution in [1.82, 2.24) is 5.32 Å². The Balaban J connectivity index is 1.94. The van der Waals surface area contributed by atoms with Crippen molar-refractivity contribution >= 4 is 23.3 Å². The molecule has 0 bridgehead atoms. The minimum atomic E-state index is -0.254. The zero-order chi connectivity index (χ0) is 15.8. The molecular weight excluding hydrogens is 298 g/mol. The number of para-hydroxylation sites is 1. The number of ether oxygens (including phenoxy) is 2. The highest BCUT2D eigenvalue weighted by Crippen LogP contribution is 2.26. The van der Waals surface area contributed by atoms with Gasteiger partial charge in [0, 0.05) is 30.2 Å². The summed E-state index contributed by atoms with van der Waals surface area (Å²) in [5, 5.41) is 4.82. The molecule has 5 heteroatoms. The fourth-order valence-corrected chi connectivity index (χ4v) is 2.67. The zero-order valence-electron chi connectivity index (χ0n) is 12.6. The molecule has 2 rings (SSSR count). The average molecular weight is 317 g/mol. The number of hydrogen-bond donors (Lipinski definition) is 1. The lowest BCUT2D eigenvalue weighted by molar-refractivity contribution is -0.117. The van der Waals surface area contributed by atoms with E-state index in [4.69, 9.17) is 9.47 Å². The molecule has 1 atom stereocenters. The van der Waals surface area contributed by atoms with E-state index < -0.39 is 0 Å². The molecule has 1 aromatic carbocycles. The van der Waals surface area contributed by atoms with Gasteiger partial charge in [0.2, 0.25) is 5.91 Å². The second-order valence-corrected chi connectivity index (χ2v) is 5.54. The molecule has 1 heterocycles. The van der Waals surface area contributed by atoms with Gasteiger partial charge in [0.25, 0.3) is 0 Å². The summed E-state index contributed by atoms with van der Waals surface area (Å²) < 4.78 is 10.8. The number of amides is 1. The van der Waals surface area contributed by atoms with Crippen molar-refractivity contribution in [3.05, 3.63) is 58.3 Å². The SMILES string of the molecule is COc1ccccc1C(CNC(=O)/C=C/c1cccs1)OC. The summed E-state index contributed by atoms with van der Waals surface area (Å²) in [6.45, 7) is 0.379. The first-order chi connectivity index (χ1) is 10.7. The Hall–Kier alpha value is -2.11. The lowest BCUT2D eigenvalue weighted by Gasteiger charge is -2.18. The van der Waals surface area contributed by atoms with Gasteiger partial charge >= 0.3 is 0 Å². The first-order valence-corrected chi connectivity index (χ1v) is 7.77. The summed E-state index contributed by atoms with van der Waals surface area (Å²) >= 11 is 1.59. The van der Waals surface area contributed by atoms with Crippen LogP contribution in [-0.4, -0.2) is 26.7 Å². The normalized spacial score (nSPS) is 12.3. The third-order valence-corrected chi connectivity index (χ3v) is 4.01. The standard InChI is InChI=1S/C17H19NO3S/c1-20-15-8-4-3-7-14(15)16(21-2)12-18-17(19)10-9-13-6-5-11-22-13/h3-11,16H,12H2,1-2H3,(H,18,19)/b10-9+. The number of rotatable bonds is 7. The van der Waals surface area contributed by atoms with Crippen LogP contribution in [0.3, 0.4) is 0 Å². The summed E-state index contributed by atoms with van der Waals surface area (Å²) in [6.07, 6.45) is 3.07. The molecule has 1 aromatic heterocycles. The molecule has 0 spiro atoms. The molecule has 1 N–H and O–H groups in total. The molecule has 0 aliphatic heterocycles. The van der Waals surface area contributed by atoms with Crippen LogP contribution in [-0.2, 0) is 9.53 Å². The number of thiophene rings is 1. The Morgan fingerprint density at radius 3 is 2.77 bits per heavy atom. The van der Waals surface area contributed by atoms with E-state index in [9.17, 15) is 4.79 Å². The molecule has 0 aliphatic rings. The Labute approximate surface area is 134 Å². The lowest BCUT2D eigenvalue weighted by Crippen LogP contribution is -2.27. The zero-order valence-corrected chi connectivity index (χ0v) is 13.4. The van der Waals surface area contributed by atoms with Crippen molar-refractivity contribution in [2.45, 2.75) is 6.10 Å². The van der Waals surface area contributed by atoms with Crippen LogP contribution in [0.4, 0.5) is 0 Å². The molecule has 0 saturated heterocycles. The summed E-state index contributed by atoms with van der Waals surface area (Å²) in [5.41, 5.74) is 0.912. The van der Waals surface area contributed by atoms with Crippen LogP contribution in [0.25, 0.3) is 6.08 Å². The van der Waals surface area contributed by atoms with Gasteiger partial charge in [-0.2, -0.15) is 0 Å². The summed E-state index contributed by atoms with van der Waals surface area (Å²) in [6, 6.07) is 11.5. The topological polar surface area (TPSA) is 47.6 Å². The molecule has 0 aliphatic carbocycles. The minimum Gasteiger partial charge on any atom is -0.496 e. The van der Waals surface area contributed by atoms with Crippen LogP contribution in [0.1, 0.15) is 16.5 Å². The van der Waals surface area contributed by atoms with Crippen LogP contribution in [0.15, 0.2) is 47.9 Å². The Morgan fingerprint density at radius 1 is 1.27 bits per heavy atom. The number of methoxy groups -OCH3 is 2. The maximum absolute atomic E-state index is 11.9. The molecule has 116 valence electrons. The van der Waals surface area contributed by atoms with Gasteiger partial charge in [0.15, 0.2) is 0 Å². The Kier molecular flexibility index (Phi) is 6.18. The van der Waals surface area contributed by atoms with E-state index in [0.29, 0.717) is 6.54 Å². The van der Waals surface area contributed by atoms with Crippen molar-refractivity contribution in [1.29, 1.82) is 0 Å².